The van der Waals surface area contributed by atoms with Gasteiger partial charge in [0, 0.05) is 6.54 Å². The molecular weight excluding hydrogens is 230 g/mol. The Bertz CT molecular complexity index is 274. The Balaban J connectivity index is 2.55. The lowest BCUT2D eigenvalue weighted by Gasteiger charge is -2.37. The molecule has 1 aliphatic rings. The number of hydrogen-bond donors (Lipinski definition) is 1. The van der Waals surface area contributed by atoms with Gasteiger partial charge < -0.3 is 0 Å². The first-order valence-corrected chi connectivity index (χ1v) is 7.81. The van der Waals surface area contributed by atoms with Crippen LogP contribution < -0.4 is 4.72 Å². The van der Waals surface area contributed by atoms with Crippen molar-refractivity contribution in [3.63, 3.8) is 0 Å². The Morgan fingerprint density at radius 2 is 1.88 bits per heavy atom. The van der Waals surface area contributed by atoms with Crippen LogP contribution in [-0.4, -0.2) is 15.5 Å². The van der Waals surface area contributed by atoms with E-state index in [1.807, 2.05) is 26.8 Å². The molecule has 1 atom stereocenters. The quantitative estimate of drug-likeness (QED) is 0.750. The molecule has 0 spiro atoms. The van der Waals surface area contributed by atoms with Crippen LogP contribution in [0.1, 0.15) is 59.3 Å². The number of hydrogen-bond acceptors (Lipinski definition) is 1. The van der Waals surface area contributed by atoms with Crippen molar-refractivity contribution >= 4 is 11.0 Å². The third-order valence-electron chi connectivity index (χ3n) is 3.63. The van der Waals surface area contributed by atoms with Crippen molar-refractivity contribution in [1.29, 1.82) is 0 Å². The van der Waals surface area contributed by atoms with Crippen LogP contribution in [0, 0.1) is 5.41 Å². The number of nitrogens with one attached hydrogen (secondary N) is 1. The van der Waals surface area contributed by atoms with Gasteiger partial charge in [-0.05, 0) is 45.4 Å². The summed E-state index contributed by atoms with van der Waals surface area (Å²) in [5.74, 6) is 0. The third-order valence-corrected chi connectivity index (χ3v) is 5.14. The topological polar surface area (TPSA) is 29.1 Å². The van der Waals surface area contributed by atoms with Gasteiger partial charge in [-0.1, -0.05) is 25.3 Å². The van der Waals surface area contributed by atoms with Gasteiger partial charge in [0.1, 0.15) is 0 Å². The maximum atomic E-state index is 12.0. The zero-order valence-corrected chi connectivity index (χ0v) is 12.4. The van der Waals surface area contributed by atoms with E-state index in [1.54, 1.807) is 0 Å². The molecule has 1 aliphatic carbocycles. The van der Waals surface area contributed by atoms with E-state index in [1.165, 1.54) is 32.1 Å². The number of rotatable bonds is 5. The first-order chi connectivity index (χ1) is 7.90. The van der Waals surface area contributed by atoms with Gasteiger partial charge in [0.25, 0.3) is 0 Å². The van der Waals surface area contributed by atoms with Crippen LogP contribution in [0.25, 0.3) is 0 Å². The maximum Gasteiger partial charge on any atom is 0.0970 e. The van der Waals surface area contributed by atoms with Gasteiger partial charge in [0.05, 0.1) is 15.7 Å². The Labute approximate surface area is 109 Å². The molecule has 1 N–H and O–H groups in total. The summed E-state index contributed by atoms with van der Waals surface area (Å²) in [6, 6.07) is 0. The summed E-state index contributed by atoms with van der Waals surface area (Å²) in [7, 11) is -0.953. The van der Waals surface area contributed by atoms with Gasteiger partial charge in [-0.25, -0.2) is 8.93 Å². The molecule has 0 heterocycles. The standard InChI is InChI=1S/C14H27NOS/c1-5-9-14(10-7-6-8-11-14)12-15-17(16)13(2,3)4/h5,15H,1,6-12H2,2-4H3. The van der Waals surface area contributed by atoms with Gasteiger partial charge in [0.15, 0.2) is 0 Å². The molecular formula is C14H27NOS. The largest absolute Gasteiger partial charge is 0.242 e. The van der Waals surface area contributed by atoms with Gasteiger partial charge in [-0.15, -0.1) is 6.58 Å². The van der Waals surface area contributed by atoms with Crippen LogP contribution in [0.4, 0.5) is 0 Å². The molecule has 0 bridgehead atoms. The van der Waals surface area contributed by atoms with Crippen molar-refractivity contribution in [2.45, 2.75) is 64.0 Å². The molecule has 2 nitrogen and oxygen atoms in total. The summed E-state index contributed by atoms with van der Waals surface area (Å²) in [4.78, 5) is 0. The molecule has 0 amide bonds. The highest BCUT2D eigenvalue weighted by Gasteiger charge is 2.32. The summed E-state index contributed by atoms with van der Waals surface area (Å²) in [6.45, 7) is 10.8. The average molecular weight is 257 g/mol. The second-order valence-electron chi connectivity index (χ2n) is 6.26. The second-order valence-corrected chi connectivity index (χ2v) is 8.31. The molecule has 1 saturated carbocycles. The van der Waals surface area contributed by atoms with E-state index in [0.717, 1.165) is 13.0 Å². The minimum Gasteiger partial charge on any atom is -0.242 e. The first kappa shape index (κ1) is 14.9. The lowest BCUT2D eigenvalue weighted by atomic mass is 9.72. The minimum atomic E-state index is -0.953. The Morgan fingerprint density at radius 3 is 2.35 bits per heavy atom. The van der Waals surface area contributed by atoms with Crippen LogP contribution in [0.5, 0.6) is 0 Å². The predicted molar refractivity (Wildman–Crippen MR) is 76.2 cm³/mol. The molecule has 3 heteroatoms. The van der Waals surface area contributed by atoms with E-state index in [9.17, 15) is 4.21 Å². The third kappa shape index (κ3) is 4.55. The van der Waals surface area contributed by atoms with Crippen LogP contribution in [-0.2, 0) is 11.0 Å². The van der Waals surface area contributed by atoms with E-state index in [4.69, 9.17) is 0 Å². The van der Waals surface area contributed by atoms with E-state index in [-0.39, 0.29) is 4.75 Å². The van der Waals surface area contributed by atoms with Crippen molar-refractivity contribution in [2.24, 2.45) is 5.41 Å². The highest BCUT2D eigenvalue weighted by Crippen LogP contribution is 2.39. The minimum absolute atomic E-state index is 0.177. The molecule has 1 rings (SSSR count). The van der Waals surface area contributed by atoms with Gasteiger partial charge in [-0.2, -0.15) is 0 Å². The van der Waals surface area contributed by atoms with E-state index < -0.39 is 11.0 Å². The number of allylic oxidation sites excluding steroid dienone is 1. The summed E-state index contributed by atoms with van der Waals surface area (Å²) in [6.07, 6.45) is 9.51. The Hall–Kier alpha value is -0.150. The molecule has 0 aliphatic heterocycles. The molecule has 1 fully saturated rings. The van der Waals surface area contributed by atoms with Crippen LogP contribution in [0.3, 0.4) is 0 Å². The monoisotopic (exact) mass is 257 g/mol. The van der Waals surface area contributed by atoms with Crippen molar-refractivity contribution in [3.05, 3.63) is 12.7 Å². The maximum absolute atomic E-state index is 12.0. The summed E-state index contributed by atoms with van der Waals surface area (Å²) < 4.78 is 15.1. The van der Waals surface area contributed by atoms with E-state index >= 15 is 0 Å². The smallest absolute Gasteiger partial charge is 0.0970 e. The van der Waals surface area contributed by atoms with E-state index in [2.05, 4.69) is 11.3 Å². The molecule has 0 radical (unpaired) electrons. The average Bonchev–Trinajstić information content (AvgIpc) is 2.26. The molecule has 0 saturated heterocycles. The molecule has 0 aromatic rings. The summed E-state index contributed by atoms with van der Waals surface area (Å²) in [5.41, 5.74) is 0.306. The molecule has 100 valence electrons. The van der Waals surface area contributed by atoms with Crippen molar-refractivity contribution in [1.82, 2.24) is 4.72 Å². The fourth-order valence-electron chi connectivity index (χ4n) is 2.50. The molecule has 0 aromatic carbocycles. The molecule has 0 aromatic heterocycles. The highest BCUT2D eigenvalue weighted by molar-refractivity contribution is 7.84. The lowest BCUT2D eigenvalue weighted by Crippen LogP contribution is -2.41. The van der Waals surface area contributed by atoms with Gasteiger partial charge >= 0.3 is 0 Å². The zero-order valence-electron chi connectivity index (χ0n) is 11.6. The summed E-state index contributed by atoms with van der Waals surface area (Å²) >= 11 is 0. The zero-order chi connectivity index (χ0) is 12.9. The highest BCUT2D eigenvalue weighted by atomic mass is 32.2. The van der Waals surface area contributed by atoms with Crippen LogP contribution in [0.15, 0.2) is 12.7 Å². The molecule has 17 heavy (non-hydrogen) atoms. The van der Waals surface area contributed by atoms with Gasteiger partial charge in [0.2, 0.25) is 0 Å². The van der Waals surface area contributed by atoms with Gasteiger partial charge in [-0.3, -0.25) is 0 Å². The lowest BCUT2D eigenvalue weighted by molar-refractivity contribution is 0.195. The van der Waals surface area contributed by atoms with Crippen molar-refractivity contribution in [3.8, 4) is 0 Å². The normalized spacial score (nSPS) is 22.1. The second kappa shape index (κ2) is 6.14. The Kier molecular flexibility index (Phi) is 5.39. The van der Waals surface area contributed by atoms with Crippen LogP contribution >= 0.6 is 0 Å². The fourth-order valence-corrected chi connectivity index (χ4v) is 3.37. The van der Waals surface area contributed by atoms with Crippen LogP contribution in [0.2, 0.25) is 0 Å². The summed E-state index contributed by atoms with van der Waals surface area (Å²) in [5, 5.41) is 0. The fraction of sp³-hybridized carbons (Fsp3) is 0.857. The SMILES string of the molecule is C=CCC1(CNS(=O)C(C)(C)C)CCCCC1. The van der Waals surface area contributed by atoms with Crippen molar-refractivity contribution in [2.75, 3.05) is 6.54 Å². The predicted octanol–water partition coefficient (Wildman–Crippen LogP) is 3.56. The molecule has 1 unspecified atom stereocenters. The first-order valence-electron chi connectivity index (χ1n) is 6.66. The van der Waals surface area contributed by atoms with E-state index in [0.29, 0.717) is 5.41 Å². The Morgan fingerprint density at radius 1 is 1.29 bits per heavy atom. The van der Waals surface area contributed by atoms with Crippen molar-refractivity contribution < 1.29 is 4.21 Å².